The van der Waals surface area contributed by atoms with Gasteiger partial charge in [0.15, 0.2) is 5.76 Å². The Kier molecular flexibility index (Phi) is 11.6. The molecule has 0 saturated heterocycles. The van der Waals surface area contributed by atoms with Crippen molar-refractivity contribution in [3.8, 4) is 11.4 Å². The predicted molar refractivity (Wildman–Crippen MR) is 166 cm³/mol. The number of hydrogen-bond acceptors (Lipinski definition) is 9. The van der Waals surface area contributed by atoms with Crippen molar-refractivity contribution in [2.45, 2.75) is 30.4 Å². The lowest BCUT2D eigenvalue weighted by Gasteiger charge is -2.29. The lowest BCUT2D eigenvalue weighted by molar-refractivity contribution is -0.146. The molecule has 1 aliphatic rings. The molecule has 0 saturated carbocycles. The zero-order valence-corrected chi connectivity index (χ0v) is 26.7. The summed E-state index contributed by atoms with van der Waals surface area (Å²) in [6, 6.07) is 15.2. The van der Waals surface area contributed by atoms with Gasteiger partial charge in [-0.2, -0.15) is 4.31 Å². The van der Waals surface area contributed by atoms with Crippen LogP contribution in [-0.2, 0) is 36.1 Å². The monoisotopic (exact) mass is 644 g/mol. The quantitative estimate of drug-likeness (QED) is 0.236. The van der Waals surface area contributed by atoms with E-state index in [-0.39, 0.29) is 48.9 Å². The Morgan fingerprint density at radius 3 is 2.44 bits per heavy atom. The first kappa shape index (κ1) is 33.9. The average Bonchev–Trinajstić information content (AvgIpc) is 3.27. The van der Waals surface area contributed by atoms with Crippen molar-refractivity contribution in [3.05, 3.63) is 88.0 Å². The molecule has 3 aromatic rings. The van der Waals surface area contributed by atoms with E-state index in [0.29, 0.717) is 29.3 Å². The number of sulfonamides is 1. The Hall–Kier alpha value is -3.95. The molecular formula is C31H40N4O9S. The second-order valence-electron chi connectivity index (χ2n) is 10.3. The van der Waals surface area contributed by atoms with E-state index >= 15 is 0 Å². The van der Waals surface area contributed by atoms with Crippen LogP contribution in [0.5, 0.6) is 5.75 Å². The third kappa shape index (κ3) is 7.83. The first-order valence-corrected chi connectivity index (χ1v) is 15.9. The van der Waals surface area contributed by atoms with Crippen LogP contribution in [0.15, 0.2) is 76.1 Å². The molecule has 0 spiro atoms. The fourth-order valence-electron chi connectivity index (χ4n) is 5.14. The van der Waals surface area contributed by atoms with E-state index in [2.05, 4.69) is 5.32 Å². The molecule has 0 unspecified atom stereocenters. The molecule has 0 fully saturated rings. The number of nitrogens with zero attached hydrogens (tertiary/aromatic N) is 3. The second kappa shape index (κ2) is 15.4. The largest absolute Gasteiger partial charge is 0.497 e. The predicted octanol–water partition coefficient (Wildman–Crippen LogP) is 1.67. The number of para-hydroxylation sites is 1. The molecule has 1 aliphatic heterocycles. The Bertz CT molecular complexity index is 1630. The average molecular weight is 645 g/mol. The SMILES string of the molecule is COCCNC(=O)C1=C[C@H](c2c(C)n(C)n(-c3ccccc3)c2=O)C[C@H](OCCN(CCO)S(=O)(=O)c2ccc(OC)cc2)O1. The van der Waals surface area contributed by atoms with Gasteiger partial charge in [0.1, 0.15) is 5.75 Å². The Morgan fingerprint density at radius 1 is 1.09 bits per heavy atom. The summed E-state index contributed by atoms with van der Waals surface area (Å²) >= 11 is 0. The summed E-state index contributed by atoms with van der Waals surface area (Å²) in [5.74, 6) is -0.535. The molecular weight excluding hydrogens is 604 g/mol. The van der Waals surface area contributed by atoms with Gasteiger partial charge in [-0.1, -0.05) is 18.2 Å². The number of aliphatic hydroxyl groups is 1. The van der Waals surface area contributed by atoms with Gasteiger partial charge in [-0.25, -0.2) is 13.1 Å². The van der Waals surface area contributed by atoms with Gasteiger partial charge in [-0.3, -0.25) is 14.3 Å². The van der Waals surface area contributed by atoms with E-state index in [0.717, 1.165) is 4.31 Å². The van der Waals surface area contributed by atoms with Crippen molar-refractivity contribution in [1.29, 1.82) is 0 Å². The molecule has 0 aliphatic carbocycles. The fourth-order valence-corrected chi connectivity index (χ4v) is 6.55. The van der Waals surface area contributed by atoms with E-state index in [9.17, 15) is 23.1 Å². The van der Waals surface area contributed by atoms with Crippen molar-refractivity contribution >= 4 is 15.9 Å². The Balaban J connectivity index is 1.57. The van der Waals surface area contributed by atoms with Crippen LogP contribution in [0.1, 0.15) is 23.6 Å². The van der Waals surface area contributed by atoms with Crippen LogP contribution in [0.2, 0.25) is 0 Å². The van der Waals surface area contributed by atoms with Crippen LogP contribution in [0.25, 0.3) is 5.69 Å². The number of nitrogens with one attached hydrogen (secondary N) is 1. The molecule has 2 aromatic carbocycles. The molecule has 2 heterocycles. The molecule has 14 heteroatoms. The number of allylic oxidation sites excluding steroid dienone is 1. The van der Waals surface area contributed by atoms with Crippen molar-refractivity contribution in [3.63, 3.8) is 0 Å². The van der Waals surface area contributed by atoms with Crippen LogP contribution in [0, 0.1) is 6.92 Å². The summed E-state index contributed by atoms with van der Waals surface area (Å²) in [5.41, 5.74) is 1.67. The lowest BCUT2D eigenvalue weighted by atomic mass is 9.93. The Morgan fingerprint density at radius 2 is 1.80 bits per heavy atom. The third-order valence-corrected chi connectivity index (χ3v) is 9.45. The molecule has 4 rings (SSSR count). The Labute approximate surface area is 262 Å². The van der Waals surface area contributed by atoms with E-state index in [1.54, 1.807) is 34.6 Å². The number of methoxy groups -OCH3 is 2. The van der Waals surface area contributed by atoms with Crippen LogP contribution in [-0.4, -0.2) is 93.1 Å². The van der Waals surface area contributed by atoms with Crippen LogP contribution >= 0.6 is 0 Å². The fraction of sp³-hybridized carbons (Fsp3) is 0.419. The van der Waals surface area contributed by atoms with Crippen molar-refractivity contribution in [2.75, 3.05) is 53.7 Å². The van der Waals surface area contributed by atoms with Gasteiger partial charge in [0, 0.05) is 57.4 Å². The minimum absolute atomic E-state index is 0.0145. The van der Waals surface area contributed by atoms with E-state index in [1.807, 2.05) is 37.3 Å². The number of carbonyl (C=O) groups excluding carboxylic acids is 1. The highest BCUT2D eigenvalue weighted by molar-refractivity contribution is 7.89. The van der Waals surface area contributed by atoms with E-state index < -0.39 is 34.7 Å². The van der Waals surface area contributed by atoms with Crippen molar-refractivity contribution in [1.82, 2.24) is 19.0 Å². The number of amides is 1. The smallest absolute Gasteiger partial charge is 0.286 e. The van der Waals surface area contributed by atoms with Crippen LogP contribution < -0.4 is 15.6 Å². The number of hydrogen-bond donors (Lipinski definition) is 2. The summed E-state index contributed by atoms with van der Waals surface area (Å²) in [6.45, 7) is 1.64. The topological polar surface area (TPSA) is 151 Å². The van der Waals surface area contributed by atoms with Gasteiger partial charge in [0.05, 0.1) is 37.5 Å². The van der Waals surface area contributed by atoms with Gasteiger partial charge >= 0.3 is 0 Å². The molecule has 1 aromatic heterocycles. The molecule has 2 atom stereocenters. The molecule has 0 radical (unpaired) electrons. The summed E-state index contributed by atoms with van der Waals surface area (Å²) in [6.07, 6.45) is 0.856. The summed E-state index contributed by atoms with van der Waals surface area (Å²) in [4.78, 5) is 26.8. The maximum absolute atomic E-state index is 13.8. The van der Waals surface area contributed by atoms with Gasteiger partial charge in [0.2, 0.25) is 16.3 Å². The summed E-state index contributed by atoms with van der Waals surface area (Å²) in [7, 11) is 0.840. The lowest BCUT2D eigenvalue weighted by Crippen LogP contribution is -2.38. The maximum Gasteiger partial charge on any atom is 0.286 e. The molecule has 0 bridgehead atoms. The van der Waals surface area contributed by atoms with Gasteiger partial charge in [-0.15, -0.1) is 0 Å². The molecule has 1 amide bonds. The number of carbonyl (C=O) groups is 1. The molecule has 45 heavy (non-hydrogen) atoms. The zero-order chi connectivity index (χ0) is 32.6. The highest BCUT2D eigenvalue weighted by Gasteiger charge is 2.33. The van der Waals surface area contributed by atoms with Crippen LogP contribution in [0.3, 0.4) is 0 Å². The number of benzene rings is 2. The minimum Gasteiger partial charge on any atom is -0.497 e. The third-order valence-electron chi connectivity index (χ3n) is 7.53. The summed E-state index contributed by atoms with van der Waals surface area (Å²) in [5, 5.41) is 12.3. The van der Waals surface area contributed by atoms with Gasteiger partial charge < -0.3 is 29.4 Å². The van der Waals surface area contributed by atoms with Gasteiger partial charge in [-0.05, 0) is 49.4 Å². The first-order valence-electron chi connectivity index (χ1n) is 14.5. The van der Waals surface area contributed by atoms with E-state index in [4.69, 9.17) is 18.9 Å². The van der Waals surface area contributed by atoms with Crippen molar-refractivity contribution in [2.24, 2.45) is 7.05 Å². The molecule has 13 nitrogen and oxygen atoms in total. The minimum atomic E-state index is -3.96. The number of rotatable bonds is 15. The van der Waals surface area contributed by atoms with E-state index in [1.165, 1.54) is 26.4 Å². The molecule has 244 valence electrons. The standard InChI is InChI=1S/C31H40N4O9S/c1-22-29(31(38)35(33(22)2)24-8-6-5-7-9-24)23-20-27(30(37)32-14-18-41-3)44-28(21-23)43-19-16-34(15-17-36)45(39,40)26-12-10-25(42-4)11-13-26/h5-13,20,23,28,36H,14-19,21H2,1-4H3,(H,32,37)/t23-,28+/m0/s1. The first-order chi connectivity index (χ1) is 21.6. The number of ether oxygens (including phenoxy) is 4. The van der Waals surface area contributed by atoms with Crippen molar-refractivity contribution < 1.29 is 37.3 Å². The zero-order valence-electron chi connectivity index (χ0n) is 25.8. The van der Waals surface area contributed by atoms with Gasteiger partial charge in [0.25, 0.3) is 11.5 Å². The normalized spacial score (nSPS) is 16.7. The van der Waals surface area contributed by atoms with Crippen LogP contribution in [0.4, 0.5) is 0 Å². The highest BCUT2D eigenvalue weighted by atomic mass is 32.2. The second-order valence-corrected chi connectivity index (χ2v) is 12.3. The number of aliphatic hydroxyl groups excluding tert-OH is 1. The maximum atomic E-state index is 13.8. The molecule has 2 N–H and O–H groups in total. The summed E-state index contributed by atoms with van der Waals surface area (Å²) < 4.78 is 53.1. The number of aromatic nitrogens is 2. The highest BCUT2D eigenvalue weighted by Crippen LogP contribution is 2.32.